The first-order valence-electron chi connectivity index (χ1n) is 8.38. The van der Waals surface area contributed by atoms with E-state index in [2.05, 4.69) is 4.98 Å². The summed E-state index contributed by atoms with van der Waals surface area (Å²) in [6.07, 6.45) is 0.817. The molecule has 26 heavy (non-hydrogen) atoms. The second-order valence-corrected chi connectivity index (χ2v) is 7.08. The standard InChI is InChI=1S/C19H23NO5S/c1-11-16(19(23)24-4)12(2)20-17(11)18(22)13(3)25-15(21)9-5-7-14-8-6-10-26-14/h6,8,10,13,20H,5,7,9H2,1-4H3. The second-order valence-electron chi connectivity index (χ2n) is 6.05. The van der Waals surface area contributed by atoms with Crippen LogP contribution in [0.5, 0.6) is 0 Å². The lowest BCUT2D eigenvalue weighted by atomic mass is 10.1. The lowest BCUT2D eigenvalue weighted by molar-refractivity contribution is -0.146. The first-order valence-corrected chi connectivity index (χ1v) is 9.26. The number of ether oxygens (including phenoxy) is 2. The van der Waals surface area contributed by atoms with Gasteiger partial charge in [0.25, 0.3) is 0 Å². The molecule has 0 aliphatic heterocycles. The molecule has 2 heterocycles. The molecule has 7 heteroatoms. The van der Waals surface area contributed by atoms with Crippen molar-refractivity contribution in [3.63, 3.8) is 0 Å². The molecule has 0 saturated carbocycles. The summed E-state index contributed by atoms with van der Waals surface area (Å²) in [5.41, 5.74) is 1.65. The maximum Gasteiger partial charge on any atom is 0.339 e. The number of aromatic amines is 1. The molecule has 0 aliphatic rings. The molecular formula is C19H23NO5S. The molecule has 2 rings (SSSR count). The van der Waals surface area contributed by atoms with Crippen molar-refractivity contribution in [3.05, 3.63) is 44.9 Å². The normalized spacial score (nSPS) is 11.8. The molecule has 0 aliphatic carbocycles. The number of methoxy groups -OCH3 is 1. The number of hydrogen-bond acceptors (Lipinski definition) is 6. The smallest absolute Gasteiger partial charge is 0.339 e. The Kier molecular flexibility index (Phi) is 6.74. The van der Waals surface area contributed by atoms with Crippen molar-refractivity contribution in [2.24, 2.45) is 0 Å². The second kappa shape index (κ2) is 8.80. The third-order valence-electron chi connectivity index (χ3n) is 4.14. The van der Waals surface area contributed by atoms with E-state index < -0.39 is 18.0 Å². The maximum atomic E-state index is 12.6. The van der Waals surface area contributed by atoms with Crippen molar-refractivity contribution < 1.29 is 23.9 Å². The zero-order valence-corrected chi connectivity index (χ0v) is 16.2. The quantitative estimate of drug-likeness (QED) is 0.561. The van der Waals surface area contributed by atoms with E-state index >= 15 is 0 Å². The Morgan fingerprint density at radius 1 is 1.27 bits per heavy atom. The van der Waals surface area contributed by atoms with Crippen LogP contribution in [0.25, 0.3) is 0 Å². The lowest BCUT2D eigenvalue weighted by Gasteiger charge is -2.12. The monoisotopic (exact) mass is 377 g/mol. The number of nitrogens with one attached hydrogen (secondary N) is 1. The van der Waals surface area contributed by atoms with Crippen LogP contribution in [0.3, 0.4) is 0 Å². The van der Waals surface area contributed by atoms with Crippen LogP contribution >= 0.6 is 11.3 Å². The molecule has 0 aromatic carbocycles. The van der Waals surface area contributed by atoms with Gasteiger partial charge in [-0.2, -0.15) is 0 Å². The van der Waals surface area contributed by atoms with Gasteiger partial charge in [0.2, 0.25) is 5.78 Å². The van der Waals surface area contributed by atoms with Crippen LogP contribution in [0.15, 0.2) is 17.5 Å². The molecule has 0 amide bonds. The van der Waals surface area contributed by atoms with Crippen LogP contribution in [-0.2, 0) is 20.7 Å². The predicted molar refractivity (Wildman–Crippen MR) is 98.7 cm³/mol. The van der Waals surface area contributed by atoms with E-state index in [9.17, 15) is 14.4 Å². The molecule has 140 valence electrons. The topological polar surface area (TPSA) is 85.5 Å². The van der Waals surface area contributed by atoms with Gasteiger partial charge in [-0.25, -0.2) is 4.79 Å². The molecule has 6 nitrogen and oxygen atoms in total. The first-order chi connectivity index (χ1) is 12.3. The summed E-state index contributed by atoms with van der Waals surface area (Å²) in [6.45, 7) is 4.89. The summed E-state index contributed by atoms with van der Waals surface area (Å²) >= 11 is 1.65. The summed E-state index contributed by atoms with van der Waals surface area (Å²) in [4.78, 5) is 40.5. The van der Waals surface area contributed by atoms with Gasteiger partial charge < -0.3 is 14.5 Å². The number of aryl methyl sites for hydroxylation is 2. The van der Waals surface area contributed by atoms with E-state index in [1.165, 1.54) is 18.9 Å². The van der Waals surface area contributed by atoms with E-state index in [1.807, 2.05) is 17.5 Å². The summed E-state index contributed by atoms with van der Waals surface area (Å²) in [5.74, 6) is -1.28. The fourth-order valence-electron chi connectivity index (χ4n) is 2.78. The number of rotatable bonds is 8. The van der Waals surface area contributed by atoms with E-state index in [1.54, 1.807) is 25.2 Å². The number of hydrogen-bond donors (Lipinski definition) is 1. The van der Waals surface area contributed by atoms with Crippen LogP contribution in [-0.4, -0.2) is 35.9 Å². The number of Topliss-reactive ketones (excluding diaryl/α,β-unsaturated/α-hetero) is 1. The van der Waals surface area contributed by atoms with Crippen molar-refractivity contribution >= 4 is 29.1 Å². The minimum absolute atomic E-state index is 0.256. The van der Waals surface area contributed by atoms with E-state index in [-0.39, 0.29) is 17.9 Å². The number of carbonyl (C=O) groups is 3. The van der Waals surface area contributed by atoms with Gasteiger partial charge in [-0.1, -0.05) is 6.07 Å². The van der Waals surface area contributed by atoms with Gasteiger partial charge in [0.1, 0.15) is 0 Å². The average Bonchev–Trinajstić information content (AvgIpc) is 3.21. The fourth-order valence-corrected chi connectivity index (χ4v) is 3.53. The minimum atomic E-state index is -0.925. The molecule has 0 spiro atoms. The fraction of sp³-hybridized carbons (Fsp3) is 0.421. The van der Waals surface area contributed by atoms with Gasteiger partial charge in [0.05, 0.1) is 18.4 Å². The van der Waals surface area contributed by atoms with Crippen molar-refractivity contribution in [3.8, 4) is 0 Å². The van der Waals surface area contributed by atoms with Crippen LogP contribution in [0.4, 0.5) is 0 Å². The van der Waals surface area contributed by atoms with Gasteiger partial charge >= 0.3 is 11.9 Å². The first kappa shape index (κ1) is 19.9. The highest BCUT2D eigenvalue weighted by molar-refractivity contribution is 7.09. The number of H-pyrrole nitrogens is 1. The number of aromatic nitrogens is 1. The van der Waals surface area contributed by atoms with Gasteiger partial charge in [-0.3, -0.25) is 9.59 Å². The molecule has 1 N–H and O–H groups in total. The molecule has 0 saturated heterocycles. The molecule has 0 fully saturated rings. The van der Waals surface area contributed by atoms with Crippen LogP contribution in [0, 0.1) is 13.8 Å². The Morgan fingerprint density at radius 2 is 2.00 bits per heavy atom. The Balaban J connectivity index is 1.94. The Morgan fingerprint density at radius 3 is 2.62 bits per heavy atom. The molecular weight excluding hydrogens is 354 g/mol. The molecule has 1 atom stereocenters. The van der Waals surface area contributed by atoms with Crippen molar-refractivity contribution in [1.29, 1.82) is 0 Å². The van der Waals surface area contributed by atoms with Crippen molar-refractivity contribution in [2.75, 3.05) is 7.11 Å². The Bertz CT molecular complexity index is 791. The molecule has 2 aromatic rings. The predicted octanol–water partition coefficient (Wildman–Crippen LogP) is 3.62. The lowest BCUT2D eigenvalue weighted by Crippen LogP contribution is -2.25. The van der Waals surface area contributed by atoms with Crippen LogP contribution in [0.2, 0.25) is 0 Å². The van der Waals surface area contributed by atoms with E-state index in [0.29, 0.717) is 23.2 Å². The third kappa shape index (κ3) is 4.60. The van der Waals surface area contributed by atoms with E-state index in [0.717, 1.165) is 6.42 Å². The summed E-state index contributed by atoms with van der Waals surface area (Å²) in [7, 11) is 1.29. The number of carbonyl (C=O) groups excluding carboxylic acids is 3. The van der Waals surface area contributed by atoms with Gasteiger partial charge in [-0.15, -0.1) is 11.3 Å². The molecule has 1 unspecified atom stereocenters. The Hall–Kier alpha value is -2.41. The SMILES string of the molecule is COC(=O)c1c(C)[nH]c(C(=O)C(C)OC(=O)CCCc2cccs2)c1C. The van der Waals surface area contributed by atoms with Crippen molar-refractivity contribution in [2.45, 2.75) is 46.1 Å². The van der Waals surface area contributed by atoms with Gasteiger partial charge in [0.15, 0.2) is 6.10 Å². The summed E-state index contributed by atoms with van der Waals surface area (Å²) in [6, 6.07) is 4.00. The average molecular weight is 377 g/mol. The minimum Gasteiger partial charge on any atom is -0.465 e. The number of ketones is 1. The number of thiophene rings is 1. The molecule has 0 radical (unpaired) electrons. The van der Waals surface area contributed by atoms with Gasteiger partial charge in [-0.05, 0) is 50.6 Å². The zero-order valence-electron chi connectivity index (χ0n) is 15.4. The van der Waals surface area contributed by atoms with E-state index in [4.69, 9.17) is 9.47 Å². The maximum absolute atomic E-state index is 12.6. The highest BCUT2D eigenvalue weighted by atomic mass is 32.1. The zero-order chi connectivity index (χ0) is 19.3. The number of esters is 2. The summed E-state index contributed by atoms with van der Waals surface area (Å²) in [5, 5.41) is 2.00. The summed E-state index contributed by atoms with van der Waals surface area (Å²) < 4.78 is 9.99. The highest BCUT2D eigenvalue weighted by Crippen LogP contribution is 2.21. The third-order valence-corrected chi connectivity index (χ3v) is 5.07. The molecule has 0 bridgehead atoms. The Labute approximate surface area is 156 Å². The van der Waals surface area contributed by atoms with Crippen molar-refractivity contribution in [1.82, 2.24) is 4.98 Å². The molecule has 2 aromatic heterocycles. The van der Waals surface area contributed by atoms with Crippen LogP contribution in [0.1, 0.15) is 56.7 Å². The highest BCUT2D eigenvalue weighted by Gasteiger charge is 2.27. The largest absolute Gasteiger partial charge is 0.465 e. The van der Waals surface area contributed by atoms with Crippen LogP contribution < -0.4 is 0 Å². The van der Waals surface area contributed by atoms with Gasteiger partial charge in [0, 0.05) is 17.0 Å².